The third kappa shape index (κ3) is 7.00. The number of benzene rings is 1. The van der Waals surface area contributed by atoms with Crippen LogP contribution in [0.1, 0.15) is 23.3 Å². The molecule has 154 valence electrons. The number of rotatable bonds is 6. The molecule has 3 rings (SSSR count). The molecule has 1 N–H and O–H groups in total. The predicted octanol–water partition coefficient (Wildman–Crippen LogP) is 4.42. The van der Waals surface area contributed by atoms with Crippen molar-refractivity contribution in [1.29, 1.82) is 0 Å². The van der Waals surface area contributed by atoms with E-state index >= 15 is 0 Å². The van der Waals surface area contributed by atoms with Gasteiger partial charge in [-0.15, -0.1) is 35.3 Å². The Bertz CT molecular complexity index is 713. The SMILES string of the molecule is CN=C(NCC1CCN(Cc2cccs2)CC1)N(C)Cc1ccc(F)cc1.I. The zero-order valence-corrected chi connectivity index (χ0v) is 19.8. The lowest BCUT2D eigenvalue weighted by Gasteiger charge is -2.32. The van der Waals surface area contributed by atoms with Crippen LogP contribution in [0.15, 0.2) is 46.8 Å². The number of hydrogen-bond acceptors (Lipinski definition) is 3. The Kier molecular flexibility index (Phi) is 9.67. The van der Waals surface area contributed by atoms with Crippen LogP contribution in [0, 0.1) is 11.7 Å². The third-order valence-electron chi connectivity index (χ3n) is 5.12. The fourth-order valence-electron chi connectivity index (χ4n) is 3.53. The van der Waals surface area contributed by atoms with Gasteiger partial charge in [-0.05, 0) is 61.0 Å². The molecule has 1 aliphatic heterocycles. The summed E-state index contributed by atoms with van der Waals surface area (Å²) in [6, 6.07) is 11.0. The number of aliphatic imine (C=N–C) groups is 1. The zero-order valence-electron chi connectivity index (χ0n) is 16.6. The van der Waals surface area contributed by atoms with Crippen LogP contribution < -0.4 is 5.32 Å². The van der Waals surface area contributed by atoms with E-state index in [-0.39, 0.29) is 29.8 Å². The molecule has 0 saturated carbocycles. The minimum absolute atomic E-state index is 0. The summed E-state index contributed by atoms with van der Waals surface area (Å²) >= 11 is 1.84. The molecule has 1 fully saturated rings. The lowest BCUT2D eigenvalue weighted by molar-refractivity contribution is 0.179. The van der Waals surface area contributed by atoms with Gasteiger partial charge in [0.25, 0.3) is 0 Å². The highest BCUT2D eigenvalue weighted by Crippen LogP contribution is 2.20. The molecule has 0 atom stereocenters. The fraction of sp³-hybridized carbons (Fsp3) is 0.476. The quantitative estimate of drug-likeness (QED) is 0.350. The van der Waals surface area contributed by atoms with Gasteiger partial charge in [-0.3, -0.25) is 9.89 Å². The van der Waals surface area contributed by atoms with Gasteiger partial charge in [0.15, 0.2) is 5.96 Å². The van der Waals surface area contributed by atoms with E-state index in [9.17, 15) is 4.39 Å². The normalized spacial score (nSPS) is 15.9. The van der Waals surface area contributed by atoms with Crippen LogP contribution in [0.2, 0.25) is 0 Å². The van der Waals surface area contributed by atoms with Crippen LogP contribution in [0.5, 0.6) is 0 Å². The highest BCUT2D eigenvalue weighted by molar-refractivity contribution is 14.0. The van der Waals surface area contributed by atoms with Gasteiger partial charge in [0.2, 0.25) is 0 Å². The van der Waals surface area contributed by atoms with E-state index in [1.807, 2.05) is 37.6 Å². The summed E-state index contributed by atoms with van der Waals surface area (Å²) in [6.45, 7) is 5.06. The van der Waals surface area contributed by atoms with Crippen LogP contribution in [-0.2, 0) is 13.1 Å². The van der Waals surface area contributed by atoms with Crippen molar-refractivity contribution in [3.63, 3.8) is 0 Å². The number of nitrogens with zero attached hydrogens (tertiary/aromatic N) is 3. The summed E-state index contributed by atoms with van der Waals surface area (Å²) in [5.41, 5.74) is 1.07. The average Bonchev–Trinajstić information content (AvgIpc) is 3.18. The van der Waals surface area contributed by atoms with E-state index in [1.165, 1.54) is 29.9 Å². The maximum Gasteiger partial charge on any atom is 0.193 e. The molecular formula is C21H30FIN4S. The van der Waals surface area contributed by atoms with Crippen molar-refractivity contribution in [2.24, 2.45) is 10.9 Å². The first-order valence-electron chi connectivity index (χ1n) is 9.55. The number of hydrogen-bond donors (Lipinski definition) is 1. The lowest BCUT2D eigenvalue weighted by atomic mass is 9.97. The molecule has 2 aromatic rings. The standard InChI is InChI=1S/C21H29FN4S.HI/c1-23-21(25(2)15-18-5-7-19(22)8-6-18)24-14-17-9-11-26(12-10-17)16-20-4-3-13-27-20;/h3-8,13,17H,9-12,14-16H2,1-2H3,(H,23,24);1H. The zero-order chi connectivity index (χ0) is 19.1. The fourth-order valence-corrected chi connectivity index (χ4v) is 4.28. The largest absolute Gasteiger partial charge is 0.356 e. The first kappa shape index (κ1) is 23.1. The molecule has 0 bridgehead atoms. The lowest BCUT2D eigenvalue weighted by Crippen LogP contribution is -2.43. The van der Waals surface area contributed by atoms with Crippen molar-refractivity contribution >= 4 is 41.3 Å². The van der Waals surface area contributed by atoms with Gasteiger partial charge >= 0.3 is 0 Å². The number of halogens is 2. The van der Waals surface area contributed by atoms with Crippen molar-refractivity contribution in [2.75, 3.05) is 33.7 Å². The molecule has 0 unspecified atom stereocenters. The van der Waals surface area contributed by atoms with Crippen molar-refractivity contribution in [1.82, 2.24) is 15.1 Å². The van der Waals surface area contributed by atoms with Crippen molar-refractivity contribution in [3.05, 3.63) is 58.0 Å². The number of likely N-dealkylation sites (tertiary alicyclic amines) is 1. The van der Waals surface area contributed by atoms with E-state index in [4.69, 9.17) is 0 Å². The van der Waals surface area contributed by atoms with E-state index < -0.39 is 0 Å². The molecule has 0 spiro atoms. The van der Waals surface area contributed by atoms with E-state index in [1.54, 1.807) is 0 Å². The number of piperidine rings is 1. The number of thiophene rings is 1. The molecule has 2 heterocycles. The van der Waals surface area contributed by atoms with Crippen LogP contribution in [0.4, 0.5) is 4.39 Å². The van der Waals surface area contributed by atoms with Gasteiger partial charge in [0.1, 0.15) is 5.82 Å². The number of guanidine groups is 1. The molecule has 4 nitrogen and oxygen atoms in total. The smallest absolute Gasteiger partial charge is 0.193 e. The summed E-state index contributed by atoms with van der Waals surface area (Å²) < 4.78 is 13.1. The van der Waals surface area contributed by atoms with Gasteiger partial charge in [-0.1, -0.05) is 18.2 Å². The van der Waals surface area contributed by atoms with Crippen molar-refractivity contribution in [3.8, 4) is 0 Å². The first-order valence-corrected chi connectivity index (χ1v) is 10.4. The predicted molar refractivity (Wildman–Crippen MR) is 127 cm³/mol. The Morgan fingerprint density at radius 1 is 1.25 bits per heavy atom. The Morgan fingerprint density at radius 3 is 2.57 bits per heavy atom. The molecule has 0 aliphatic carbocycles. The van der Waals surface area contributed by atoms with Gasteiger partial charge in [-0.2, -0.15) is 0 Å². The molecule has 1 aromatic heterocycles. The van der Waals surface area contributed by atoms with Crippen molar-refractivity contribution in [2.45, 2.75) is 25.9 Å². The van der Waals surface area contributed by atoms with Crippen LogP contribution in [0.3, 0.4) is 0 Å². The van der Waals surface area contributed by atoms with E-state index in [0.717, 1.165) is 37.7 Å². The van der Waals surface area contributed by atoms with Crippen LogP contribution >= 0.6 is 35.3 Å². The highest BCUT2D eigenvalue weighted by atomic mass is 127. The third-order valence-corrected chi connectivity index (χ3v) is 5.98. The molecule has 1 aromatic carbocycles. The molecule has 1 saturated heterocycles. The minimum atomic E-state index is -0.200. The molecule has 1 aliphatic rings. The number of nitrogens with one attached hydrogen (secondary N) is 1. The Balaban J connectivity index is 0.00000280. The monoisotopic (exact) mass is 516 g/mol. The Hall–Kier alpha value is -1.19. The van der Waals surface area contributed by atoms with Gasteiger partial charge in [-0.25, -0.2) is 4.39 Å². The van der Waals surface area contributed by atoms with Crippen molar-refractivity contribution < 1.29 is 4.39 Å². The average molecular weight is 516 g/mol. The van der Waals surface area contributed by atoms with Crippen LogP contribution in [0.25, 0.3) is 0 Å². The summed E-state index contributed by atoms with van der Waals surface area (Å²) in [6.07, 6.45) is 2.44. The highest BCUT2D eigenvalue weighted by Gasteiger charge is 2.20. The molecular weight excluding hydrogens is 486 g/mol. The summed E-state index contributed by atoms with van der Waals surface area (Å²) in [5, 5.41) is 5.67. The second-order valence-corrected chi connectivity index (χ2v) is 8.24. The van der Waals surface area contributed by atoms with E-state index in [2.05, 4.69) is 37.6 Å². The molecule has 0 amide bonds. The topological polar surface area (TPSA) is 30.9 Å². The summed E-state index contributed by atoms with van der Waals surface area (Å²) in [4.78, 5) is 10.5. The van der Waals surface area contributed by atoms with Gasteiger partial charge in [0.05, 0.1) is 0 Å². The van der Waals surface area contributed by atoms with Crippen LogP contribution in [-0.4, -0.2) is 49.5 Å². The second kappa shape index (κ2) is 11.7. The second-order valence-electron chi connectivity index (χ2n) is 7.21. The van der Waals surface area contributed by atoms with Gasteiger partial charge < -0.3 is 10.2 Å². The first-order chi connectivity index (χ1) is 13.1. The molecule has 7 heteroatoms. The minimum Gasteiger partial charge on any atom is -0.356 e. The Labute approximate surface area is 188 Å². The maximum absolute atomic E-state index is 13.1. The molecule has 28 heavy (non-hydrogen) atoms. The maximum atomic E-state index is 13.1. The summed E-state index contributed by atoms with van der Waals surface area (Å²) in [7, 11) is 3.83. The van der Waals surface area contributed by atoms with E-state index in [0.29, 0.717) is 12.5 Å². The summed E-state index contributed by atoms with van der Waals surface area (Å²) in [5.74, 6) is 1.37. The molecule has 0 radical (unpaired) electrons. The van der Waals surface area contributed by atoms with Gasteiger partial charge in [0, 0.05) is 38.6 Å². The Morgan fingerprint density at radius 2 is 1.96 bits per heavy atom.